The molecule has 2 fully saturated rings. The molecule has 1 aliphatic heterocycles. The third kappa shape index (κ3) is 5.23. The summed E-state index contributed by atoms with van der Waals surface area (Å²) in [5, 5.41) is 0.558. The van der Waals surface area contributed by atoms with Gasteiger partial charge in [-0.1, -0.05) is 60.5 Å². The topological polar surface area (TPSA) is 84.0 Å². The van der Waals surface area contributed by atoms with Crippen molar-refractivity contribution in [3.05, 3.63) is 70.7 Å². The molecule has 0 aromatic heterocycles. The highest BCUT2D eigenvalue weighted by atomic mass is 35.5. The molecular formula is C24H27ClN2O5S. The van der Waals surface area contributed by atoms with E-state index in [-0.39, 0.29) is 44.4 Å². The average Bonchev–Trinajstić information content (AvgIpc) is 2.77. The van der Waals surface area contributed by atoms with E-state index in [4.69, 9.17) is 16.3 Å². The van der Waals surface area contributed by atoms with Crippen LogP contribution in [-0.2, 0) is 35.5 Å². The normalized spacial score (nSPS) is 18.4. The summed E-state index contributed by atoms with van der Waals surface area (Å²) in [5.41, 5.74) is 0.804. The molecule has 0 radical (unpaired) electrons. The van der Waals surface area contributed by atoms with Crippen LogP contribution >= 0.6 is 11.6 Å². The van der Waals surface area contributed by atoms with E-state index in [9.17, 15) is 18.0 Å². The van der Waals surface area contributed by atoms with E-state index in [2.05, 4.69) is 0 Å². The number of benzene rings is 2. The highest BCUT2D eigenvalue weighted by molar-refractivity contribution is 7.88. The lowest BCUT2D eigenvalue weighted by atomic mass is 9.64. The second-order valence-electron chi connectivity index (χ2n) is 8.54. The lowest BCUT2D eigenvalue weighted by molar-refractivity contribution is -0.160. The van der Waals surface area contributed by atoms with E-state index in [0.29, 0.717) is 17.9 Å². The SMILES string of the molecule is O=C(COC(=O)C1(c2cccc(Cl)c2)CCC1)N1CCN(S(=O)(=O)Cc2ccccc2)CC1. The Balaban J connectivity index is 1.29. The van der Waals surface area contributed by atoms with Crippen LogP contribution in [0.5, 0.6) is 0 Å². The minimum absolute atomic E-state index is 0.0645. The summed E-state index contributed by atoms with van der Waals surface area (Å²) in [6, 6.07) is 16.2. The molecule has 1 amide bonds. The first-order valence-electron chi connectivity index (χ1n) is 11.0. The van der Waals surface area contributed by atoms with Gasteiger partial charge < -0.3 is 9.64 Å². The van der Waals surface area contributed by atoms with Crippen LogP contribution in [0.15, 0.2) is 54.6 Å². The number of halogens is 1. The van der Waals surface area contributed by atoms with E-state index in [1.54, 1.807) is 29.2 Å². The number of carbonyl (C=O) groups excluding carboxylic acids is 2. The Morgan fingerprint density at radius 3 is 2.27 bits per heavy atom. The fourth-order valence-corrected chi connectivity index (χ4v) is 6.08. The molecule has 2 aromatic rings. The molecule has 7 nitrogen and oxygen atoms in total. The molecule has 9 heteroatoms. The molecule has 0 N–H and O–H groups in total. The molecule has 0 atom stereocenters. The first-order chi connectivity index (χ1) is 15.8. The Hall–Kier alpha value is -2.42. The monoisotopic (exact) mass is 490 g/mol. The number of hydrogen-bond acceptors (Lipinski definition) is 5. The second kappa shape index (κ2) is 9.83. The van der Waals surface area contributed by atoms with Gasteiger partial charge in [-0.05, 0) is 36.1 Å². The van der Waals surface area contributed by atoms with Crippen molar-refractivity contribution in [2.24, 2.45) is 0 Å². The highest BCUT2D eigenvalue weighted by Crippen LogP contribution is 2.45. The summed E-state index contributed by atoms with van der Waals surface area (Å²) < 4.78 is 32.2. The van der Waals surface area contributed by atoms with Crippen LogP contribution < -0.4 is 0 Å². The van der Waals surface area contributed by atoms with Gasteiger partial charge in [0.05, 0.1) is 11.2 Å². The maximum Gasteiger partial charge on any atom is 0.317 e. The fourth-order valence-electron chi connectivity index (χ4n) is 4.38. The fraction of sp³-hybridized carbons (Fsp3) is 0.417. The first-order valence-corrected chi connectivity index (χ1v) is 13.0. The van der Waals surface area contributed by atoms with E-state index in [1.165, 1.54) is 4.31 Å². The van der Waals surface area contributed by atoms with Crippen molar-refractivity contribution >= 4 is 33.5 Å². The van der Waals surface area contributed by atoms with E-state index in [0.717, 1.165) is 17.5 Å². The van der Waals surface area contributed by atoms with Crippen molar-refractivity contribution in [2.75, 3.05) is 32.8 Å². The molecule has 2 aliphatic rings. The van der Waals surface area contributed by atoms with Crippen molar-refractivity contribution in [2.45, 2.75) is 30.4 Å². The van der Waals surface area contributed by atoms with Gasteiger partial charge in [-0.15, -0.1) is 0 Å². The number of rotatable bonds is 7. The van der Waals surface area contributed by atoms with Crippen LogP contribution in [0.25, 0.3) is 0 Å². The average molecular weight is 491 g/mol. The van der Waals surface area contributed by atoms with Gasteiger partial charge in [0.2, 0.25) is 10.0 Å². The molecule has 1 saturated heterocycles. The zero-order chi connectivity index (χ0) is 23.5. The van der Waals surface area contributed by atoms with Crippen LogP contribution in [-0.4, -0.2) is 62.3 Å². The highest BCUT2D eigenvalue weighted by Gasteiger charge is 2.47. The number of ether oxygens (including phenoxy) is 1. The Morgan fingerprint density at radius 2 is 1.67 bits per heavy atom. The van der Waals surface area contributed by atoms with Gasteiger partial charge in [-0.3, -0.25) is 9.59 Å². The molecule has 33 heavy (non-hydrogen) atoms. The molecular weight excluding hydrogens is 464 g/mol. The Kier molecular flexibility index (Phi) is 7.07. The molecule has 2 aromatic carbocycles. The molecule has 4 rings (SSSR count). The number of carbonyl (C=O) groups is 2. The number of esters is 1. The molecule has 0 spiro atoms. The van der Waals surface area contributed by atoms with Crippen LogP contribution in [0.2, 0.25) is 5.02 Å². The number of amides is 1. The summed E-state index contributed by atoms with van der Waals surface area (Å²) in [6.45, 7) is 0.633. The molecule has 1 heterocycles. The van der Waals surface area contributed by atoms with Gasteiger partial charge in [0.25, 0.3) is 5.91 Å². The van der Waals surface area contributed by atoms with Crippen LogP contribution in [0.1, 0.15) is 30.4 Å². The van der Waals surface area contributed by atoms with E-state index < -0.39 is 21.4 Å². The lowest BCUT2D eigenvalue weighted by Gasteiger charge is -2.40. The third-order valence-corrected chi connectivity index (χ3v) is 8.56. The smallest absolute Gasteiger partial charge is 0.317 e. The quantitative estimate of drug-likeness (QED) is 0.557. The standard InChI is InChI=1S/C24H27ClN2O5S/c25-21-9-4-8-20(16-21)24(10-5-11-24)23(29)32-17-22(28)26-12-14-27(15-13-26)33(30,31)18-19-6-2-1-3-7-19/h1-4,6-9,16H,5,10-15,17-18H2. The Morgan fingerprint density at radius 1 is 0.970 bits per heavy atom. The van der Waals surface area contributed by atoms with Crippen molar-refractivity contribution in [1.82, 2.24) is 9.21 Å². The summed E-state index contributed by atoms with van der Waals surface area (Å²) in [4.78, 5) is 27.1. The van der Waals surface area contributed by atoms with Crippen LogP contribution in [0.4, 0.5) is 0 Å². The van der Waals surface area contributed by atoms with Gasteiger partial charge in [0.15, 0.2) is 6.61 Å². The summed E-state index contributed by atoms with van der Waals surface area (Å²) in [5.74, 6) is -0.789. The lowest BCUT2D eigenvalue weighted by Crippen LogP contribution is -2.52. The molecule has 176 valence electrons. The number of nitrogens with zero attached hydrogens (tertiary/aromatic N) is 2. The van der Waals surface area contributed by atoms with Crippen molar-refractivity contribution in [3.8, 4) is 0 Å². The molecule has 0 bridgehead atoms. The first kappa shape index (κ1) is 23.7. The predicted octanol–water partition coefficient (Wildman–Crippen LogP) is 2.98. The Bertz CT molecular complexity index is 1110. The van der Waals surface area contributed by atoms with E-state index in [1.807, 2.05) is 30.3 Å². The number of piperazine rings is 1. The van der Waals surface area contributed by atoms with Crippen molar-refractivity contribution in [1.29, 1.82) is 0 Å². The largest absolute Gasteiger partial charge is 0.455 e. The Labute approximate surface area is 199 Å². The zero-order valence-corrected chi connectivity index (χ0v) is 19.9. The van der Waals surface area contributed by atoms with Crippen LogP contribution in [0, 0.1) is 0 Å². The number of sulfonamides is 1. The van der Waals surface area contributed by atoms with Gasteiger partial charge in [0, 0.05) is 31.2 Å². The third-order valence-electron chi connectivity index (χ3n) is 6.48. The van der Waals surface area contributed by atoms with Gasteiger partial charge in [0.1, 0.15) is 0 Å². The van der Waals surface area contributed by atoms with Crippen molar-refractivity contribution in [3.63, 3.8) is 0 Å². The summed E-state index contributed by atoms with van der Waals surface area (Å²) in [6.07, 6.45) is 2.24. The van der Waals surface area contributed by atoms with Crippen molar-refractivity contribution < 1.29 is 22.7 Å². The molecule has 0 unspecified atom stereocenters. The molecule has 1 saturated carbocycles. The zero-order valence-electron chi connectivity index (χ0n) is 18.3. The summed E-state index contributed by atoms with van der Waals surface area (Å²) >= 11 is 6.10. The predicted molar refractivity (Wildman–Crippen MR) is 125 cm³/mol. The molecule has 1 aliphatic carbocycles. The maximum absolute atomic E-state index is 12.9. The van der Waals surface area contributed by atoms with Crippen LogP contribution in [0.3, 0.4) is 0 Å². The van der Waals surface area contributed by atoms with Gasteiger partial charge >= 0.3 is 5.97 Å². The summed E-state index contributed by atoms with van der Waals surface area (Å²) in [7, 11) is -3.46. The minimum Gasteiger partial charge on any atom is -0.455 e. The van der Waals surface area contributed by atoms with E-state index >= 15 is 0 Å². The minimum atomic E-state index is -3.46. The second-order valence-corrected chi connectivity index (χ2v) is 10.9. The maximum atomic E-state index is 12.9. The van der Waals surface area contributed by atoms with Gasteiger partial charge in [-0.25, -0.2) is 8.42 Å². The van der Waals surface area contributed by atoms with Gasteiger partial charge in [-0.2, -0.15) is 4.31 Å². The number of hydrogen-bond donors (Lipinski definition) is 0.